The SMILES string of the molecule is C(#Cc1ccc2c(c1)sc1c3ccc(C#Cc4ccccc4)cc3sc21)c1ccccc1. The fraction of sp³-hybridized carbons (Fsp3) is 0. The summed E-state index contributed by atoms with van der Waals surface area (Å²) >= 11 is 3.71. The molecule has 0 bridgehead atoms. The maximum absolute atomic E-state index is 3.31. The van der Waals surface area contributed by atoms with Gasteiger partial charge in [-0.1, -0.05) is 72.2 Å². The molecule has 0 atom stereocenters. The van der Waals surface area contributed by atoms with Crippen LogP contribution in [0, 0.1) is 23.7 Å². The average molecular weight is 441 g/mol. The molecule has 0 aliphatic heterocycles. The average Bonchev–Trinajstić information content (AvgIpc) is 3.38. The molecule has 0 nitrogen and oxygen atoms in total. The molecule has 0 amide bonds. The molecule has 148 valence electrons. The fourth-order valence-corrected chi connectivity index (χ4v) is 6.48. The third-order valence-electron chi connectivity index (χ3n) is 5.33. The molecule has 0 unspecified atom stereocenters. The third kappa shape index (κ3) is 3.57. The number of thiophene rings is 2. The number of hydrogen-bond acceptors (Lipinski definition) is 2. The topological polar surface area (TPSA) is 0 Å². The van der Waals surface area contributed by atoms with Gasteiger partial charge in [-0.2, -0.15) is 0 Å². The van der Waals surface area contributed by atoms with Crippen LogP contribution in [0.2, 0.25) is 0 Å². The summed E-state index contributed by atoms with van der Waals surface area (Å²) in [6, 6.07) is 33.4. The summed E-state index contributed by atoms with van der Waals surface area (Å²) in [4.78, 5) is 0. The van der Waals surface area contributed by atoms with Gasteiger partial charge in [-0.15, -0.1) is 22.7 Å². The highest BCUT2D eigenvalue weighted by molar-refractivity contribution is 7.36. The second kappa shape index (κ2) is 8.03. The van der Waals surface area contributed by atoms with E-state index in [2.05, 4.69) is 60.1 Å². The van der Waals surface area contributed by atoms with Gasteiger partial charge in [0.05, 0.1) is 9.40 Å². The van der Waals surface area contributed by atoms with Gasteiger partial charge in [0.2, 0.25) is 0 Å². The van der Waals surface area contributed by atoms with Crippen molar-refractivity contribution in [3.8, 4) is 23.7 Å². The van der Waals surface area contributed by atoms with Crippen molar-refractivity contribution < 1.29 is 0 Å². The Kier molecular flexibility index (Phi) is 4.74. The minimum atomic E-state index is 1.04. The molecule has 0 aliphatic rings. The second-order valence-corrected chi connectivity index (χ2v) is 9.62. The minimum absolute atomic E-state index is 1.04. The highest BCUT2D eigenvalue weighted by atomic mass is 32.1. The van der Waals surface area contributed by atoms with Crippen LogP contribution >= 0.6 is 22.7 Å². The molecule has 0 saturated heterocycles. The van der Waals surface area contributed by atoms with E-state index in [1.54, 1.807) is 0 Å². The fourth-order valence-electron chi connectivity index (χ4n) is 3.74. The van der Waals surface area contributed by atoms with E-state index in [0.717, 1.165) is 22.3 Å². The Morgan fingerprint density at radius 1 is 0.406 bits per heavy atom. The molecule has 4 aromatic carbocycles. The van der Waals surface area contributed by atoms with E-state index in [-0.39, 0.29) is 0 Å². The van der Waals surface area contributed by atoms with Crippen LogP contribution in [0.3, 0.4) is 0 Å². The van der Waals surface area contributed by atoms with Gasteiger partial charge in [0.25, 0.3) is 0 Å². The van der Waals surface area contributed by atoms with Crippen molar-refractivity contribution in [2.45, 2.75) is 0 Å². The molecule has 0 radical (unpaired) electrons. The molecule has 2 heterocycles. The Bertz CT molecular complexity index is 1580. The Labute approximate surface area is 194 Å². The lowest BCUT2D eigenvalue weighted by Gasteiger charge is -1.94. The van der Waals surface area contributed by atoms with E-state index in [4.69, 9.17) is 0 Å². The van der Waals surface area contributed by atoms with Crippen molar-refractivity contribution in [1.29, 1.82) is 0 Å². The van der Waals surface area contributed by atoms with E-state index in [1.807, 2.05) is 83.3 Å². The van der Waals surface area contributed by atoms with E-state index >= 15 is 0 Å². The van der Waals surface area contributed by atoms with Gasteiger partial charge in [0.15, 0.2) is 0 Å². The lowest BCUT2D eigenvalue weighted by atomic mass is 10.1. The number of fused-ring (bicyclic) bond motifs is 5. The molecular formula is C30H16S2. The zero-order chi connectivity index (χ0) is 21.3. The molecule has 0 N–H and O–H groups in total. The molecule has 32 heavy (non-hydrogen) atoms. The largest absolute Gasteiger partial charge is 0.134 e. The van der Waals surface area contributed by atoms with Crippen LogP contribution in [0.1, 0.15) is 22.3 Å². The van der Waals surface area contributed by atoms with Crippen LogP contribution in [-0.4, -0.2) is 0 Å². The second-order valence-electron chi connectivity index (χ2n) is 7.52. The molecule has 2 heteroatoms. The van der Waals surface area contributed by atoms with Crippen molar-refractivity contribution >= 4 is 52.2 Å². The standard InChI is InChI=1S/C30H16S2/c1-3-7-21(8-4-1)11-13-23-15-17-25-27(19-23)31-30-26-18-16-24(20-28(26)32-29(25)30)14-12-22-9-5-2-6-10-22/h1-10,15-20H. The highest BCUT2D eigenvalue weighted by Crippen LogP contribution is 2.44. The summed E-state index contributed by atoms with van der Waals surface area (Å²) < 4.78 is 5.30. The summed E-state index contributed by atoms with van der Waals surface area (Å²) in [5.74, 6) is 13.1. The van der Waals surface area contributed by atoms with Crippen LogP contribution in [0.25, 0.3) is 29.6 Å². The Hall–Kier alpha value is -3.82. The van der Waals surface area contributed by atoms with E-state index in [9.17, 15) is 0 Å². The first-order valence-electron chi connectivity index (χ1n) is 10.4. The number of rotatable bonds is 0. The van der Waals surface area contributed by atoms with Crippen LogP contribution in [0.5, 0.6) is 0 Å². The maximum Gasteiger partial charge on any atom is 0.0542 e. The monoisotopic (exact) mass is 440 g/mol. The Balaban J connectivity index is 1.38. The van der Waals surface area contributed by atoms with Gasteiger partial charge in [-0.3, -0.25) is 0 Å². The molecule has 6 aromatic rings. The molecule has 6 rings (SSSR count). The highest BCUT2D eigenvalue weighted by Gasteiger charge is 2.12. The molecule has 0 fully saturated rings. The van der Waals surface area contributed by atoms with Crippen molar-refractivity contribution in [3.05, 3.63) is 119 Å². The number of hydrogen-bond donors (Lipinski definition) is 0. The zero-order valence-corrected chi connectivity index (χ0v) is 18.7. The maximum atomic E-state index is 3.31. The van der Waals surface area contributed by atoms with Gasteiger partial charge in [0.1, 0.15) is 0 Å². The van der Waals surface area contributed by atoms with Crippen LogP contribution < -0.4 is 0 Å². The lowest BCUT2D eigenvalue weighted by Crippen LogP contribution is -1.75. The Morgan fingerprint density at radius 2 is 0.812 bits per heavy atom. The summed E-state index contributed by atoms with van der Waals surface area (Å²) in [6.07, 6.45) is 0. The molecule has 0 aliphatic carbocycles. The van der Waals surface area contributed by atoms with Crippen LogP contribution in [0.15, 0.2) is 97.1 Å². The summed E-state index contributed by atoms with van der Waals surface area (Å²) in [6.45, 7) is 0. The predicted octanol–water partition coefficient (Wildman–Crippen LogP) is 8.07. The number of benzene rings is 4. The normalized spacial score (nSPS) is 10.6. The molecule has 2 aromatic heterocycles. The molecule has 0 spiro atoms. The first-order chi connectivity index (χ1) is 15.8. The van der Waals surface area contributed by atoms with Crippen LogP contribution in [-0.2, 0) is 0 Å². The van der Waals surface area contributed by atoms with E-state index < -0.39 is 0 Å². The smallest absolute Gasteiger partial charge is 0.0542 e. The van der Waals surface area contributed by atoms with Crippen molar-refractivity contribution in [3.63, 3.8) is 0 Å². The lowest BCUT2D eigenvalue weighted by molar-refractivity contribution is 1.64. The van der Waals surface area contributed by atoms with E-state index in [1.165, 1.54) is 29.6 Å². The Morgan fingerprint density at radius 3 is 1.25 bits per heavy atom. The summed E-state index contributed by atoms with van der Waals surface area (Å²) in [5, 5.41) is 2.63. The van der Waals surface area contributed by atoms with Crippen molar-refractivity contribution in [1.82, 2.24) is 0 Å². The first-order valence-corrected chi connectivity index (χ1v) is 12.0. The summed E-state index contributed by atoms with van der Waals surface area (Å²) in [5.41, 5.74) is 4.19. The van der Waals surface area contributed by atoms with E-state index in [0.29, 0.717) is 0 Å². The van der Waals surface area contributed by atoms with Gasteiger partial charge in [-0.05, 0) is 48.5 Å². The van der Waals surface area contributed by atoms with Gasteiger partial charge >= 0.3 is 0 Å². The van der Waals surface area contributed by atoms with Gasteiger partial charge in [0, 0.05) is 42.4 Å². The quantitative estimate of drug-likeness (QED) is 0.210. The predicted molar refractivity (Wildman–Crippen MR) is 140 cm³/mol. The molecular weight excluding hydrogens is 424 g/mol. The summed E-state index contributed by atoms with van der Waals surface area (Å²) in [7, 11) is 0. The molecule has 0 saturated carbocycles. The van der Waals surface area contributed by atoms with Crippen molar-refractivity contribution in [2.24, 2.45) is 0 Å². The first kappa shape index (κ1) is 18.9. The van der Waals surface area contributed by atoms with Gasteiger partial charge in [-0.25, -0.2) is 0 Å². The third-order valence-corrected chi connectivity index (χ3v) is 7.83. The van der Waals surface area contributed by atoms with Crippen molar-refractivity contribution in [2.75, 3.05) is 0 Å². The minimum Gasteiger partial charge on any atom is -0.134 e. The van der Waals surface area contributed by atoms with Gasteiger partial charge < -0.3 is 0 Å². The van der Waals surface area contributed by atoms with Crippen LogP contribution in [0.4, 0.5) is 0 Å². The zero-order valence-electron chi connectivity index (χ0n) is 17.1.